The van der Waals surface area contributed by atoms with Gasteiger partial charge in [-0.1, -0.05) is 17.4 Å². The van der Waals surface area contributed by atoms with Crippen molar-refractivity contribution in [1.82, 2.24) is 10.2 Å². The summed E-state index contributed by atoms with van der Waals surface area (Å²) in [7, 11) is 0. The van der Waals surface area contributed by atoms with Crippen molar-refractivity contribution in [3.8, 4) is 16.0 Å². The van der Waals surface area contributed by atoms with E-state index in [1.807, 2.05) is 31.4 Å². The van der Waals surface area contributed by atoms with E-state index in [0.717, 1.165) is 21.2 Å². The molecule has 100 valence electrons. The van der Waals surface area contributed by atoms with Crippen molar-refractivity contribution in [1.29, 1.82) is 5.26 Å². The van der Waals surface area contributed by atoms with Crippen molar-refractivity contribution in [3.05, 3.63) is 34.4 Å². The molecule has 0 amide bonds. The van der Waals surface area contributed by atoms with Gasteiger partial charge in [-0.2, -0.15) is 5.26 Å². The molecule has 0 aliphatic rings. The average Bonchev–Trinajstić information content (AvgIpc) is 3.13. The van der Waals surface area contributed by atoms with Gasteiger partial charge in [0.2, 0.25) is 11.0 Å². The first-order chi connectivity index (χ1) is 9.69. The van der Waals surface area contributed by atoms with Crippen LogP contribution in [0, 0.1) is 25.2 Å². The minimum Gasteiger partial charge on any atom is -0.444 e. The summed E-state index contributed by atoms with van der Waals surface area (Å²) >= 11 is 3.04. The molecule has 7 heteroatoms. The molecule has 20 heavy (non-hydrogen) atoms. The quantitative estimate of drug-likeness (QED) is 0.788. The minimum atomic E-state index is 0.427. The fourth-order valence-corrected chi connectivity index (χ4v) is 3.25. The van der Waals surface area contributed by atoms with Crippen LogP contribution < -0.4 is 5.32 Å². The van der Waals surface area contributed by atoms with Gasteiger partial charge in [-0.3, -0.25) is 5.32 Å². The van der Waals surface area contributed by atoms with E-state index in [4.69, 9.17) is 9.68 Å². The molecule has 0 spiro atoms. The summed E-state index contributed by atoms with van der Waals surface area (Å²) in [6.45, 7) is 3.69. The lowest BCUT2D eigenvalue weighted by molar-refractivity contribution is 0.548. The van der Waals surface area contributed by atoms with Crippen LogP contribution in [0.2, 0.25) is 0 Å². The van der Waals surface area contributed by atoms with E-state index in [1.165, 1.54) is 11.3 Å². The standard InChI is InChI=1S/C13H10N4OS2/c1-7-8(2)18-11(9(7)6-14)15-13-17-16-12(20-13)10-4-3-5-19-10/h3-5H,1-2H3,(H,15,17). The van der Waals surface area contributed by atoms with Crippen molar-refractivity contribution in [2.75, 3.05) is 5.32 Å². The molecule has 0 bridgehead atoms. The number of nitrogens with zero attached hydrogens (tertiary/aromatic N) is 3. The Bertz CT molecular complexity index is 780. The Labute approximate surface area is 123 Å². The third kappa shape index (κ3) is 2.19. The smallest absolute Gasteiger partial charge is 0.217 e. The number of nitriles is 1. The molecular weight excluding hydrogens is 292 g/mol. The highest BCUT2D eigenvalue weighted by molar-refractivity contribution is 7.22. The van der Waals surface area contributed by atoms with Crippen LogP contribution in [-0.4, -0.2) is 10.2 Å². The number of anilines is 2. The van der Waals surface area contributed by atoms with E-state index in [2.05, 4.69) is 21.6 Å². The number of hydrogen-bond acceptors (Lipinski definition) is 7. The second kappa shape index (κ2) is 5.07. The summed E-state index contributed by atoms with van der Waals surface area (Å²) < 4.78 is 5.55. The number of aryl methyl sites for hydroxylation is 1. The van der Waals surface area contributed by atoms with Gasteiger partial charge in [0.15, 0.2) is 5.01 Å². The van der Waals surface area contributed by atoms with Gasteiger partial charge in [-0.05, 0) is 25.3 Å². The number of aromatic nitrogens is 2. The minimum absolute atomic E-state index is 0.427. The Morgan fingerprint density at radius 3 is 2.90 bits per heavy atom. The topological polar surface area (TPSA) is 74.7 Å². The number of thiophene rings is 1. The van der Waals surface area contributed by atoms with Crippen LogP contribution in [0.3, 0.4) is 0 Å². The predicted octanol–water partition coefficient (Wildman–Crippen LogP) is 4.09. The lowest BCUT2D eigenvalue weighted by atomic mass is 10.2. The molecule has 3 heterocycles. The molecule has 3 rings (SSSR count). The summed E-state index contributed by atoms with van der Waals surface area (Å²) in [5, 5.41) is 23.9. The Kier molecular flexibility index (Phi) is 3.26. The molecule has 3 aromatic rings. The Hall–Kier alpha value is -2.17. The summed E-state index contributed by atoms with van der Waals surface area (Å²) in [5.74, 6) is 1.16. The maximum absolute atomic E-state index is 9.17. The molecule has 1 N–H and O–H groups in total. The van der Waals surface area contributed by atoms with Gasteiger partial charge < -0.3 is 4.42 Å². The van der Waals surface area contributed by atoms with Crippen molar-refractivity contribution in [2.24, 2.45) is 0 Å². The second-order valence-electron chi connectivity index (χ2n) is 4.11. The van der Waals surface area contributed by atoms with Crippen LogP contribution in [-0.2, 0) is 0 Å². The highest BCUT2D eigenvalue weighted by atomic mass is 32.1. The third-order valence-corrected chi connectivity index (χ3v) is 4.75. The lowest BCUT2D eigenvalue weighted by Gasteiger charge is -1.96. The Balaban J connectivity index is 1.89. The van der Waals surface area contributed by atoms with E-state index < -0.39 is 0 Å². The average molecular weight is 302 g/mol. The first-order valence-corrected chi connectivity index (χ1v) is 7.53. The van der Waals surface area contributed by atoms with Gasteiger partial charge >= 0.3 is 0 Å². The molecule has 0 aliphatic carbocycles. The van der Waals surface area contributed by atoms with E-state index in [0.29, 0.717) is 16.6 Å². The van der Waals surface area contributed by atoms with E-state index in [9.17, 15) is 0 Å². The van der Waals surface area contributed by atoms with Gasteiger partial charge in [0, 0.05) is 5.56 Å². The SMILES string of the molecule is Cc1oc(Nc2nnc(-c3cccs3)s2)c(C#N)c1C. The monoisotopic (exact) mass is 302 g/mol. The van der Waals surface area contributed by atoms with Crippen LogP contribution >= 0.6 is 22.7 Å². The van der Waals surface area contributed by atoms with E-state index in [1.54, 1.807) is 11.3 Å². The lowest BCUT2D eigenvalue weighted by Crippen LogP contribution is -1.90. The van der Waals surface area contributed by atoms with Crippen molar-refractivity contribution in [2.45, 2.75) is 13.8 Å². The van der Waals surface area contributed by atoms with Crippen LogP contribution in [0.15, 0.2) is 21.9 Å². The fourth-order valence-electron chi connectivity index (χ4n) is 1.72. The summed E-state index contributed by atoms with van der Waals surface area (Å²) in [4.78, 5) is 1.07. The molecule has 5 nitrogen and oxygen atoms in total. The van der Waals surface area contributed by atoms with Gasteiger partial charge in [0.1, 0.15) is 17.4 Å². The van der Waals surface area contributed by atoms with Crippen molar-refractivity contribution in [3.63, 3.8) is 0 Å². The van der Waals surface area contributed by atoms with Crippen LogP contribution in [0.5, 0.6) is 0 Å². The first kappa shape index (κ1) is 12.8. The van der Waals surface area contributed by atoms with Crippen LogP contribution in [0.25, 0.3) is 9.88 Å². The molecule has 0 radical (unpaired) electrons. The molecule has 0 saturated heterocycles. The van der Waals surface area contributed by atoms with Gasteiger partial charge in [-0.25, -0.2) is 0 Å². The fraction of sp³-hybridized carbons (Fsp3) is 0.154. The largest absolute Gasteiger partial charge is 0.444 e. The second-order valence-corrected chi connectivity index (χ2v) is 6.04. The molecule has 0 aliphatic heterocycles. The molecular formula is C13H10N4OS2. The van der Waals surface area contributed by atoms with Gasteiger partial charge in [0.25, 0.3) is 0 Å². The molecule has 0 unspecified atom stereocenters. The summed E-state index contributed by atoms with van der Waals surface area (Å²) in [6, 6.07) is 6.11. The predicted molar refractivity (Wildman–Crippen MR) is 79.4 cm³/mol. The van der Waals surface area contributed by atoms with Crippen molar-refractivity contribution < 1.29 is 4.42 Å². The van der Waals surface area contributed by atoms with Gasteiger partial charge in [0.05, 0.1) is 4.88 Å². The number of furan rings is 1. The zero-order valence-electron chi connectivity index (χ0n) is 10.8. The number of rotatable bonds is 3. The van der Waals surface area contributed by atoms with Crippen LogP contribution in [0.1, 0.15) is 16.9 Å². The maximum Gasteiger partial charge on any atom is 0.217 e. The number of hydrogen-bond donors (Lipinski definition) is 1. The summed E-state index contributed by atoms with van der Waals surface area (Å²) in [6.07, 6.45) is 0. The van der Waals surface area contributed by atoms with E-state index >= 15 is 0 Å². The van der Waals surface area contributed by atoms with Gasteiger partial charge in [-0.15, -0.1) is 21.5 Å². The third-order valence-electron chi connectivity index (χ3n) is 2.87. The van der Waals surface area contributed by atoms with E-state index in [-0.39, 0.29) is 0 Å². The maximum atomic E-state index is 9.17. The zero-order chi connectivity index (χ0) is 14.1. The zero-order valence-corrected chi connectivity index (χ0v) is 12.4. The van der Waals surface area contributed by atoms with Crippen LogP contribution in [0.4, 0.5) is 11.0 Å². The molecule has 0 saturated carbocycles. The highest BCUT2D eigenvalue weighted by Gasteiger charge is 2.16. The molecule has 0 aromatic carbocycles. The first-order valence-electron chi connectivity index (χ1n) is 5.83. The molecule has 3 aromatic heterocycles. The Morgan fingerprint density at radius 1 is 1.35 bits per heavy atom. The summed E-state index contributed by atoms with van der Waals surface area (Å²) in [5.41, 5.74) is 1.35. The normalized spacial score (nSPS) is 10.4. The molecule has 0 fully saturated rings. The molecule has 0 atom stereocenters. The highest BCUT2D eigenvalue weighted by Crippen LogP contribution is 2.33. The Morgan fingerprint density at radius 2 is 2.20 bits per heavy atom. The van der Waals surface area contributed by atoms with Crippen molar-refractivity contribution >= 4 is 33.7 Å². The number of nitrogens with one attached hydrogen (secondary N) is 1.